The Hall–Kier alpha value is -1.23. The Morgan fingerprint density at radius 1 is 1.24 bits per heavy atom. The monoisotopic (exact) mass is 304 g/mol. The fraction of sp³-hybridized carbons (Fsp3) is 0.471. The normalized spacial score (nSPS) is 12.8. The van der Waals surface area contributed by atoms with Crippen LogP contribution in [0.5, 0.6) is 0 Å². The molecule has 0 saturated heterocycles. The van der Waals surface area contributed by atoms with E-state index in [4.69, 9.17) is 5.11 Å². The maximum Gasteiger partial charge on any atom is 0.0954 e. The van der Waals surface area contributed by atoms with Gasteiger partial charge in [0.25, 0.3) is 0 Å². The largest absolute Gasteiger partial charge is 0.396 e. The van der Waals surface area contributed by atoms with Gasteiger partial charge < -0.3 is 10.4 Å². The lowest BCUT2D eigenvalue weighted by Gasteiger charge is -2.18. The topological polar surface area (TPSA) is 45.2 Å². The minimum absolute atomic E-state index is 0.235. The second-order valence-corrected chi connectivity index (χ2v) is 6.43. The molecular weight excluding hydrogens is 280 g/mol. The zero-order chi connectivity index (χ0) is 15.1. The van der Waals surface area contributed by atoms with Gasteiger partial charge >= 0.3 is 0 Å². The van der Waals surface area contributed by atoms with Crippen molar-refractivity contribution in [3.05, 3.63) is 52.0 Å². The number of thiazole rings is 1. The van der Waals surface area contributed by atoms with Crippen molar-refractivity contribution in [2.45, 2.75) is 45.2 Å². The van der Waals surface area contributed by atoms with Gasteiger partial charge in [-0.25, -0.2) is 4.98 Å². The highest BCUT2D eigenvalue weighted by Crippen LogP contribution is 2.21. The number of benzene rings is 1. The van der Waals surface area contributed by atoms with E-state index < -0.39 is 0 Å². The maximum absolute atomic E-state index is 9.07. The highest BCUT2D eigenvalue weighted by molar-refractivity contribution is 7.09. The first-order chi connectivity index (χ1) is 10.2. The Balaban J connectivity index is 1.98. The molecule has 0 radical (unpaired) electrons. The Morgan fingerprint density at radius 3 is 2.62 bits per heavy atom. The second-order valence-electron chi connectivity index (χ2n) is 5.54. The summed E-state index contributed by atoms with van der Waals surface area (Å²) in [6, 6.07) is 10.7. The van der Waals surface area contributed by atoms with Gasteiger partial charge in [0.05, 0.1) is 10.7 Å². The van der Waals surface area contributed by atoms with Crippen molar-refractivity contribution in [1.29, 1.82) is 0 Å². The molecule has 4 heteroatoms. The summed E-state index contributed by atoms with van der Waals surface area (Å²) in [6.07, 6.45) is 1.74. The van der Waals surface area contributed by atoms with Crippen LogP contribution in [0, 0.1) is 0 Å². The lowest BCUT2D eigenvalue weighted by atomic mass is 10.0. The first-order valence-electron chi connectivity index (χ1n) is 7.54. The first kappa shape index (κ1) is 16.1. The number of aliphatic hydroxyl groups excluding tert-OH is 1. The third-order valence-electron chi connectivity index (χ3n) is 3.45. The Labute approximate surface area is 131 Å². The third-order valence-corrected chi connectivity index (χ3v) is 4.64. The van der Waals surface area contributed by atoms with Crippen molar-refractivity contribution in [1.82, 2.24) is 10.3 Å². The van der Waals surface area contributed by atoms with Gasteiger partial charge in [0.1, 0.15) is 0 Å². The van der Waals surface area contributed by atoms with Crippen LogP contribution in [-0.4, -0.2) is 16.7 Å². The average Bonchev–Trinajstić information content (AvgIpc) is 2.97. The predicted octanol–water partition coefficient (Wildman–Crippen LogP) is 3.87. The van der Waals surface area contributed by atoms with Crippen LogP contribution in [0.25, 0.3) is 0 Å². The van der Waals surface area contributed by atoms with Gasteiger partial charge in [-0.15, -0.1) is 11.3 Å². The van der Waals surface area contributed by atoms with E-state index in [1.807, 2.05) is 6.07 Å². The van der Waals surface area contributed by atoms with E-state index in [1.54, 1.807) is 11.3 Å². The smallest absolute Gasteiger partial charge is 0.0954 e. The van der Waals surface area contributed by atoms with E-state index in [0.717, 1.165) is 25.1 Å². The molecule has 0 spiro atoms. The van der Waals surface area contributed by atoms with Crippen LogP contribution in [0.3, 0.4) is 0 Å². The van der Waals surface area contributed by atoms with E-state index in [1.165, 1.54) is 10.6 Å². The minimum atomic E-state index is 0.235. The van der Waals surface area contributed by atoms with Crippen LogP contribution < -0.4 is 5.32 Å². The minimum Gasteiger partial charge on any atom is -0.396 e. The Kier molecular flexibility index (Phi) is 6.36. The average molecular weight is 304 g/mol. The second kappa shape index (κ2) is 8.27. The molecule has 2 rings (SSSR count). The summed E-state index contributed by atoms with van der Waals surface area (Å²) in [6.45, 7) is 5.35. The molecule has 0 amide bonds. The number of rotatable bonds is 8. The SMILES string of the molecule is CC(C)c1nc(CNC(CCCO)c2ccccc2)cs1. The summed E-state index contributed by atoms with van der Waals surface area (Å²) in [4.78, 5) is 4.66. The molecule has 1 heterocycles. The number of nitrogens with one attached hydrogen (secondary N) is 1. The number of aliphatic hydroxyl groups is 1. The molecular formula is C17H24N2OS. The van der Waals surface area contributed by atoms with Crippen LogP contribution in [-0.2, 0) is 6.54 Å². The zero-order valence-corrected chi connectivity index (χ0v) is 13.6. The molecule has 1 aromatic heterocycles. The van der Waals surface area contributed by atoms with Gasteiger partial charge in [0.15, 0.2) is 0 Å². The number of hydrogen-bond acceptors (Lipinski definition) is 4. The van der Waals surface area contributed by atoms with Gasteiger partial charge in [-0.1, -0.05) is 44.2 Å². The van der Waals surface area contributed by atoms with Crippen LogP contribution in [0.4, 0.5) is 0 Å². The van der Waals surface area contributed by atoms with Crippen molar-refractivity contribution in [2.24, 2.45) is 0 Å². The molecule has 114 valence electrons. The quantitative estimate of drug-likeness (QED) is 0.778. The highest BCUT2D eigenvalue weighted by Gasteiger charge is 2.12. The first-order valence-corrected chi connectivity index (χ1v) is 8.42. The predicted molar refractivity (Wildman–Crippen MR) is 88.5 cm³/mol. The molecule has 21 heavy (non-hydrogen) atoms. The van der Waals surface area contributed by atoms with Gasteiger partial charge in [0.2, 0.25) is 0 Å². The molecule has 0 saturated carbocycles. The fourth-order valence-electron chi connectivity index (χ4n) is 2.26. The van der Waals surface area contributed by atoms with Gasteiger partial charge in [-0.3, -0.25) is 0 Å². The molecule has 1 atom stereocenters. The summed E-state index contributed by atoms with van der Waals surface area (Å²) in [7, 11) is 0. The van der Waals surface area contributed by atoms with E-state index in [-0.39, 0.29) is 12.6 Å². The van der Waals surface area contributed by atoms with Crippen molar-refractivity contribution in [3.8, 4) is 0 Å². The summed E-state index contributed by atoms with van der Waals surface area (Å²) in [5.41, 5.74) is 2.37. The number of aromatic nitrogens is 1. The highest BCUT2D eigenvalue weighted by atomic mass is 32.1. The third kappa shape index (κ3) is 4.92. The van der Waals surface area contributed by atoms with Crippen molar-refractivity contribution >= 4 is 11.3 Å². The van der Waals surface area contributed by atoms with Crippen molar-refractivity contribution in [2.75, 3.05) is 6.61 Å². The summed E-state index contributed by atoms with van der Waals surface area (Å²) in [5, 5.41) is 16.0. The van der Waals surface area contributed by atoms with E-state index in [2.05, 4.69) is 53.8 Å². The standard InChI is InChI=1S/C17H24N2OS/c1-13(2)17-19-15(12-21-17)11-18-16(9-6-10-20)14-7-4-3-5-8-14/h3-5,7-8,12-13,16,18,20H,6,9-11H2,1-2H3. The molecule has 3 nitrogen and oxygen atoms in total. The molecule has 0 aliphatic rings. The molecule has 0 bridgehead atoms. The van der Waals surface area contributed by atoms with Gasteiger partial charge in [-0.05, 0) is 18.4 Å². The van der Waals surface area contributed by atoms with E-state index >= 15 is 0 Å². The molecule has 2 aromatic rings. The van der Waals surface area contributed by atoms with Crippen molar-refractivity contribution < 1.29 is 5.11 Å². The Morgan fingerprint density at radius 2 is 2.00 bits per heavy atom. The summed E-state index contributed by atoms with van der Waals surface area (Å²) in [5.74, 6) is 0.489. The molecule has 0 fully saturated rings. The molecule has 2 N–H and O–H groups in total. The van der Waals surface area contributed by atoms with Gasteiger partial charge in [-0.2, -0.15) is 0 Å². The molecule has 0 aliphatic carbocycles. The van der Waals surface area contributed by atoms with E-state index in [9.17, 15) is 0 Å². The Bertz CT molecular complexity index is 525. The zero-order valence-electron chi connectivity index (χ0n) is 12.7. The lowest BCUT2D eigenvalue weighted by molar-refractivity contribution is 0.274. The molecule has 1 unspecified atom stereocenters. The maximum atomic E-state index is 9.07. The fourth-order valence-corrected chi connectivity index (χ4v) is 3.10. The number of nitrogens with zero attached hydrogens (tertiary/aromatic N) is 1. The van der Waals surface area contributed by atoms with Crippen LogP contribution >= 0.6 is 11.3 Å². The molecule has 1 aromatic carbocycles. The van der Waals surface area contributed by atoms with Crippen LogP contribution in [0.1, 0.15) is 54.9 Å². The molecule has 0 aliphatic heterocycles. The van der Waals surface area contributed by atoms with Crippen LogP contribution in [0.15, 0.2) is 35.7 Å². The van der Waals surface area contributed by atoms with Crippen molar-refractivity contribution in [3.63, 3.8) is 0 Å². The lowest BCUT2D eigenvalue weighted by Crippen LogP contribution is -2.21. The van der Waals surface area contributed by atoms with E-state index in [0.29, 0.717) is 5.92 Å². The summed E-state index contributed by atoms with van der Waals surface area (Å²) >= 11 is 1.73. The number of hydrogen-bond donors (Lipinski definition) is 2. The summed E-state index contributed by atoms with van der Waals surface area (Å²) < 4.78 is 0. The van der Waals surface area contributed by atoms with Crippen LogP contribution in [0.2, 0.25) is 0 Å². The van der Waals surface area contributed by atoms with Gasteiger partial charge in [0, 0.05) is 30.5 Å².